The molecule has 0 nitrogen and oxygen atoms in total. The van der Waals surface area contributed by atoms with Gasteiger partial charge < -0.3 is 0 Å². The Kier molecular flexibility index (Phi) is 4.52. The van der Waals surface area contributed by atoms with Gasteiger partial charge in [-0.05, 0) is 46.5 Å². The second-order valence-corrected chi connectivity index (χ2v) is 5.73. The van der Waals surface area contributed by atoms with E-state index in [1.54, 1.807) is 24.3 Å². The van der Waals surface area contributed by atoms with Crippen LogP contribution in [-0.2, 0) is 12.4 Å². The van der Waals surface area contributed by atoms with Crippen molar-refractivity contribution in [3.63, 3.8) is 0 Å². The zero-order valence-electron chi connectivity index (χ0n) is 13.2. The van der Waals surface area contributed by atoms with E-state index in [0.29, 0.717) is 11.1 Å². The monoisotopic (exact) mass is 366 g/mol. The topological polar surface area (TPSA) is 0 Å². The zero-order chi connectivity index (χ0) is 18.9. The van der Waals surface area contributed by atoms with E-state index in [1.165, 1.54) is 24.3 Å². The minimum atomic E-state index is -4.38. The third-order valence-electron chi connectivity index (χ3n) is 3.98. The summed E-state index contributed by atoms with van der Waals surface area (Å²) < 4.78 is 75.6. The van der Waals surface area contributed by atoms with Crippen LogP contribution in [0.3, 0.4) is 0 Å². The van der Waals surface area contributed by atoms with Gasteiger partial charge in [-0.25, -0.2) is 0 Å². The fourth-order valence-corrected chi connectivity index (χ4v) is 2.56. The Balaban J connectivity index is 1.82. The average molecular weight is 366 g/mol. The van der Waals surface area contributed by atoms with Gasteiger partial charge in [-0.15, -0.1) is 0 Å². The molecule has 0 aliphatic rings. The van der Waals surface area contributed by atoms with Crippen molar-refractivity contribution >= 4 is 0 Å². The number of hydrogen-bond acceptors (Lipinski definition) is 0. The molecule has 0 N–H and O–H groups in total. The molecule has 134 valence electrons. The summed E-state index contributed by atoms with van der Waals surface area (Å²) in [5.41, 5.74) is 1.24. The summed E-state index contributed by atoms with van der Waals surface area (Å²) >= 11 is 0. The molecule has 3 aromatic carbocycles. The molecule has 0 bridgehead atoms. The minimum absolute atomic E-state index is 0.622. The van der Waals surface area contributed by atoms with Gasteiger partial charge in [0.15, 0.2) is 0 Å². The number of halogens is 6. The SMILES string of the molecule is FC(F)(F)c1ccc(-c2ccc(-c3ccc(C(F)(F)F)cc3)cc2)cc1. The van der Waals surface area contributed by atoms with Crippen molar-refractivity contribution in [2.45, 2.75) is 12.4 Å². The number of hydrogen-bond donors (Lipinski definition) is 0. The molecule has 0 heterocycles. The summed E-state index contributed by atoms with van der Waals surface area (Å²) in [5.74, 6) is 0. The lowest BCUT2D eigenvalue weighted by molar-refractivity contribution is -0.138. The standard InChI is InChI=1S/C20H12F6/c21-19(22,23)17-9-5-15(6-10-17)13-1-2-14(4-3-13)16-7-11-18(12-8-16)20(24,25)26/h1-12H. The number of benzene rings is 3. The Labute approximate surface area is 145 Å². The highest BCUT2D eigenvalue weighted by atomic mass is 19.4. The van der Waals surface area contributed by atoms with Crippen LogP contribution < -0.4 is 0 Å². The van der Waals surface area contributed by atoms with Crippen LogP contribution in [-0.4, -0.2) is 0 Å². The predicted octanol–water partition coefficient (Wildman–Crippen LogP) is 7.06. The van der Waals surface area contributed by atoms with Crippen LogP contribution in [0.15, 0.2) is 72.8 Å². The van der Waals surface area contributed by atoms with Gasteiger partial charge in [0.1, 0.15) is 0 Å². The first-order valence-corrected chi connectivity index (χ1v) is 7.60. The van der Waals surface area contributed by atoms with Gasteiger partial charge in [-0.3, -0.25) is 0 Å². The average Bonchev–Trinajstić information content (AvgIpc) is 2.61. The van der Waals surface area contributed by atoms with Crippen LogP contribution >= 0.6 is 0 Å². The Morgan fingerprint density at radius 1 is 0.346 bits per heavy atom. The van der Waals surface area contributed by atoms with E-state index < -0.39 is 23.5 Å². The fourth-order valence-electron chi connectivity index (χ4n) is 2.56. The van der Waals surface area contributed by atoms with E-state index in [9.17, 15) is 26.3 Å². The lowest BCUT2D eigenvalue weighted by Crippen LogP contribution is -2.04. The van der Waals surface area contributed by atoms with Gasteiger partial charge in [0.05, 0.1) is 11.1 Å². The highest BCUT2D eigenvalue weighted by Crippen LogP contribution is 2.33. The van der Waals surface area contributed by atoms with Gasteiger partial charge in [-0.2, -0.15) is 26.3 Å². The van der Waals surface area contributed by atoms with E-state index in [4.69, 9.17) is 0 Å². The van der Waals surface area contributed by atoms with Crippen LogP contribution in [0.4, 0.5) is 26.3 Å². The summed E-state index contributed by atoms with van der Waals surface area (Å²) in [5, 5.41) is 0. The Morgan fingerprint density at radius 3 is 0.731 bits per heavy atom. The Morgan fingerprint density at radius 2 is 0.538 bits per heavy atom. The van der Waals surface area contributed by atoms with Crippen molar-refractivity contribution in [1.82, 2.24) is 0 Å². The summed E-state index contributed by atoms with van der Waals surface area (Å²) in [6.45, 7) is 0. The summed E-state index contributed by atoms with van der Waals surface area (Å²) in [6, 6.07) is 16.5. The van der Waals surface area contributed by atoms with Gasteiger partial charge in [0, 0.05) is 0 Å². The molecule has 0 saturated carbocycles. The maximum absolute atomic E-state index is 12.6. The van der Waals surface area contributed by atoms with Crippen molar-refractivity contribution in [1.29, 1.82) is 0 Å². The third kappa shape index (κ3) is 3.90. The molecule has 6 heteroatoms. The van der Waals surface area contributed by atoms with Crippen LogP contribution in [0.2, 0.25) is 0 Å². The molecule has 0 spiro atoms. The molecule has 0 atom stereocenters. The van der Waals surface area contributed by atoms with E-state index >= 15 is 0 Å². The molecular weight excluding hydrogens is 354 g/mol. The maximum Gasteiger partial charge on any atom is 0.416 e. The molecule has 0 radical (unpaired) electrons. The molecule has 26 heavy (non-hydrogen) atoms. The highest BCUT2D eigenvalue weighted by Gasteiger charge is 2.30. The van der Waals surface area contributed by atoms with Crippen LogP contribution in [0.25, 0.3) is 22.3 Å². The first-order valence-electron chi connectivity index (χ1n) is 7.60. The molecule has 0 aromatic heterocycles. The fraction of sp³-hybridized carbons (Fsp3) is 0.100. The van der Waals surface area contributed by atoms with Crippen molar-refractivity contribution in [2.75, 3.05) is 0 Å². The predicted molar refractivity (Wildman–Crippen MR) is 87.3 cm³/mol. The number of alkyl halides is 6. The third-order valence-corrected chi connectivity index (χ3v) is 3.98. The largest absolute Gasteiger partial charge is 0.416 e. The van der Waals surface area contributed by atoms with Crippen LogP contribution in [0.5, 0.6) is 0 Å². The molecule has 0 aliphatic carbocycles. The van der Waals surface area contributed by atoms with E-state index in [-0.39, 0.29) is 0 Å². The summed E-state index contributed by atoms with van der Waals surface area (Å²) in [4.78, 5) is 0. The molecule has 3 aromatic rings. The van der Waals surface area contributed by atoms with E-state index in [2.05, 4.69) is 0 Å². The molecule has 0 fully saturated rings. The summed E-state index contributed by atoms with van der Waals surface area (Å²) in [6.07, 6.45) is -8.77. The molecule has 0 aliphatic heterocycles. The second-order valence-electron chi connectivity index (χ2n) is 5.73. The van der Waals surface area contributed by atoms with Crippen LogP contribution in [0.1, 0.15) is 11.1 Å². The zero-order valence-corrected chi connectivity index (χ0v) is 13.2. The first kappa shape index (κ1) is 18.0. The lowest BCUT2D eigenvalue weighted by Gasteiger charge is -2.09. The smallest absolute Gasteiger partial charge is 0.166 e. The normalized spacial score (nSPS) is 12.2. The number of rotatable bonds is 2. The van der Waals surface area contributed by atoms with Gasteiger partial charge in [-0.1, -0.05) is 48.5 Å². The van der Waals surface area contributed by atoms with Gasteiger partial charge in [0.25, 0.3) is 0 Å². The highest BCUT2D eigenvalue weighted by molar-refractivity contribution is 5.70. The van der Waals surface area contributed by atoms with Crippen molar-refractivity contribution < 1.29 is 26.3 Å². The minimum Gasteiger partial charge on any atom is -0.166 e. The summed E-state index contributed by atoms with van der Waals surface area (Å²) in [7, 11) is 0. The lowest BCUT2D eigenvalue weighted by atomic mass is 9.99. The maximum atomic E-state index is 12.6. The van der Waals surface area contributed by atoms with Crippen molar-refractivity contribution in [2.24, 2.45) is 0 Å². The Hall–Kier alpha value is -2.76. The quantitative estimate of drug-likeness (QED) is 0.426. The van der Waals surface area contributed by atoms with Crippen molar-refractivity contribution in [3.8, 4) is 22.3 Å². The van der Waals surface area contributed by atoms with E-state index in [1.807, 2.05) is 0 Å². The van der Waals surface area contributed by atoms with Crippen molar-refractivity contribution in [3.05, 3.63) is 83.9 Å². The molecular formula is C20H12F6. The molecule has 3 rings (SSSR count). The van der Waals surface area contributed by atoms with Crippen LogP contribution in [0, 0.1) is 0 Å². The second kappa shape index (κ2) is 6.52. The molecule has 0 unspecified atom stereocenters. The first-order chi connectivity index (χ1) is 12.1. The van der Waals surface area contributed by atoms with E-state index in [0.717, 1.165) is 35.4 Å². The molecule has 0 saturated heterocycles. The Bertz CT molecular complexity index is 794. The van der Waals surface area contributed by atoms with Gasteiger partial charge in [0.2, 0.25) is 0 Å². The van der Waals surface area contributed by atoms with Gasteiger partial charge >= 0.3 is 12.4 Å². The molecule has 0 amide bonds.